The molecule has 1 atom stereocenters. The molecule has 0 rings (SSSR count). The van der Waals surface area contributed by atoms with Gasteiger partial charge in [0.25, 0.3) is 0 Å². The molecule has 3 nitrogen and oxygen atoms in total. The summed E-state index contributed by atoms with van der Waals surface area (Å²) in [4.78, 5) is 0. The first-order valence-corrected chi connectivity index (χ1v) is 3.51. The third kappa shape index (κ3) is 4.30. The number of nitrogens with one attached hydrogen (secondary N) is 1. The Morgan fingerprint density at radius 1 is 1.70 bits per heavy atom. The summed E-state index contributed by atoms with van der Waals surface area (Å²) in [6.45, 7) is 3.36. The Kier molecular flexibility index (Phi) is 6.14. The van der Waals surface area contributed by atoms with Crippen molar-refractivity contribution in [3.63, 3.8) is 0 Å². The summed E-state index contributed by atoms with van der Waals surface area (Å²) in [5.74, 6) is 0. The van der Waals surface area contributed by atoms with Crippen LogP contribution >= 0.6 is 0 Å². The summed E-state index contributed by atoms with van der Waals surface area (Å²) in [6, 6.07) is 2.06. The van der Waals surface area contributed by atoms with E-state index in [-0.39, 0.29) is 6.10 Å². The van der Waals surface area contributed by atoms with Crippen LogP contribution in [0.2, 0.25) is 0 Å². The molecule has 0 radical (unpaired) electrons. The second-order valence-electron chi connectivity index (χ2n) is 2.00. The highest BCUT2D eigenvalue weighted by Gasteiger charge is 2.01. The number of hydrogen-bond acceptors (Lipinski definition) is 3. The molecule has 0 aromatic carbocycles. The Hall–Kier alpha value is -0.590. The van der Waals surface area contributed by atoms with E-state index >= 15 is 0 Å². The molecule has 0 aromatic rings. The molecular formula is C7H14N2O. The molecule has 3 heteroatoms. The van der Waals surface area contributed by atoms with E-state index in [1.54, 1.807) is 0 Å². The van der Waals surface area contributed by atoms with Gasteiger partial charge in [0.1, 0.15) is 6.10 Å². The smallest absolute Gasteiger partial charge is 0.143 e. The van der Waals surface area contributed by atoms with Crippen LogP contribution in [0, 0.1) is 11.3 Å². The Morgan fingerprint density at radius 2 is 2.40 bits per heavy atom. The van der Waals surface area contributed by atoms with E-state index in [0.717, 1.165) is 13.0 Å². The van der Waals surface area contributed by atoms with Gasteiger partial charge in [-0.25, -0.2) is 0 Å². The first kappa shape index (κ1) is 9.41. The zero-order valence-electron chi connectivity index (χ0n) is 6.55. The molecule has 1 N–H and O–H groups in total. The number of likely N-dealkylation sites (N-methyl/N-ethyl adjacent to an activating group) is 1. The van der Waals surface area contributed by atoms with Crippen molar-refractivity contribution in [3.05, 3.63) is 0 Å². The molecule has 0 saturated heterocycles. The van der Waals surface area contributed by atoms with Crippen molar-refractivity contribution in [1.82, 2.24) is 5.32 Å². The number of nitriles is 1. The summed E-state index contributed by atoms with van der Waals surface area (Å²) in [5, 5.41) is 11.4. The van der Waals surface area contributed by atoms with Gasteiger partial charge >= 0.3 is 0 Å². The quantitative estimate of drug-likeness (QED) is 0.569. The fourth-order valence-electron chi connectivity index (χ4n) is 0.550. The Balaban J connectivity index is 3.20. The third-order valence-corrected chi connectivity index (χ3v) is 1.19. The highest BCUT2D eigenvalue weighted by Crippen LogP contribution is 1.93. The topological polar surface area (TPSA) is 45.0 Å². The van der Waals surface area contributed by atoms with Crippen LogP contribution in [0.1, 0.15) is 13.3 Å². The molecule has 0 aromatic heterocycles. The van der Waals surface area contributed by atoms with Gasteiger partial charge in [-0.3, -0.25) is 0 Å². The summed E-state index contributed by atoms with van der Waals surface area (Å²) in [7, 11) is 1.86. The van der Waals surface area contributed by atoms with Gasteiger partial charge < -0.3 is 10.1 Å². The molecular weight excluding hydrogens is 128 g/mol. The van der Waals surface area contributed by atoms with Crippen LogP contribution in [0.5, 0.6) is 0 Å². The molecule has 0 aliphatic rings. The van der Waals surface area contributed by atoms with E-state index in [1.165, 1.54) is 0 Å². The molecule has 0 saturated carbocycles. The average Bonchev–Trinajstić information content (AvgIpc) is 1.99. The molecule has 0 fully saturated rings. The molecule has 0 aliphatic heterocycles. The summed E-state index contributed by atoms with van der Waals surface area (Å²) >= 11 is 0. The second kappa shape index (κ2) is 6.53. The van der Waals surface area contributed by atoms with Crippen molar-refractivity contribution in [2.75, 3.05) is 20.2 Å². The number of hydrogen-bond donors (Lipinski definition) is 1. The zero-order chi connectivity index (χ0) is 7.82. The average molecular weight is 142 g/mol. The van der Waals surface area contributed by atoms with Crippen molar-refractivity contribution >= 4 is 0 Å². The second-order valence-corrected chi connectivity index (χ2v) is 2.00. The summed E-state index contributed by atoms with van der Waals surface area (Å²) < 4.78 is 5.16. The number of ether oxygens (including phenoxy) is 1. The van der Waals surface area contributed by atoms with E-state index in [2.05, 4.69) is 11.4 Å². The highest BCUT2D eigenvalue weighted by molar-refractivity contribution is 4.82. The minimum atomic E-state index is -0.228. The van der Waals surface area contributed by atoms with E-state index in [1.807, 2.05) is 14.0 Å². The van der Waals surface area contributed by atoms with Crippen molar-refractivity contribution in [1.29, 1.82) is 5.26 Å². The van der Waals surface area contributed by atoms with Gasteiger partial charge in [0.2, 0.25) is 0 Å². The minimum Gasteiger partial charge on any atom is -0.362 e. The Morgan fingerprint density at radius 3 is 2.80 bits per heavy atom. The van der Waals surface area contributed by atoms with Gasteiger partial charge in [-0.15, -0.1) is 0 Å². The van der Waals surface area contributed by atoms with Crippen molar-refractivity contribution in [2.24, 2.45) is 0 Å². The lowest BCUT2D eigenvalue weighted by molar-refractivity contribution is 0.0906. The van der Waals surface area contributed by atoms with Crippen LogP contribution in [-0.4, -0.2) is 26.3 Å². The predicted molar refractivity (Wildman–Crippen MR) is 39.6 cm³/mol. The lowest BCUT2D eigenvalue weighted by Gasteiger charge is -2.06. The minimum absolute atomic E-state index is 0.228. The Bertz CT molecular complexity index is 109. The lowest BCUT2D eigenvalue weighted by Crippen LogP contribution is -2.18. The fourth-order valence-corrected chi connectivity index (χ4v) is 0.550. The molecule has 0 amide bonds. The maximum atomic E-state index is 8.43. The predicted octanol–water partition coefficient (Wildman–Crippen LogP) is 0.525. The first-order valence-electron chi connectivity index (χ1n) is 3.51. The third-order valence-electron chi connectivity index (χ3n) is 1.19. The summed E-state index contributed by atoms with van der Waals surface area (Å²) in [6.07, 6.45) is 0.536. The molecule has 10 heavy (non-hydrogen) atoms. The SMILES string of the molecule is CCC(C#N)OCCNC. The molecule has 58 valence electrons. The van der Waals surface area contributed by atoms with Crippen LogP contribution in [0.3, 0.4) is 0 Å². The molecule has 0 spiro atoms. The van der Waals surface area contributed by atoms with Gasteiger partial charge in [-0.05, 0) is 13.5 Å². The fraction of sp³-hybridized carbons (Fsp3) is 0.857. The maximum Gasteiger partial charge on any atom is 0.143 e. The normalized spacial score (nSPS) is 12.5. The van der Waals surface area contributed by atoms with Crippen LogP contribution in [0.25, 0.3) is 0 Å². The van der Waals surface area contributed by atoms with Crippen LogP contribution in [0.15, 0.2) is 0 Å². The standard InChI is InChI=1S/C7H14N2O/c1-3-7(6-8)10-5-4-9-2/h7,9H,3-5H2,1-2H3. The zero-order valence-corrected chi connectivity index (χ0v) is 6.55. The number of nitrogens with zero attached hydrogens (tertiary/aromatic N) is 1. The Labute approximate surface area is 62.0 Å². The van der Waals surface area contributed by atoms with Crippen LogP contribution in [-0.2, 0) is 4.74 Å². The van der Waals surface area contributed by atoms with Gasteiger partial charge in [0.05, 0.1) is 12.7 Å². The van der Waals surface area contributed by atoms with Gasteiger partial charge in [-0.1, -0.05) is 6.92 Å². The van der Waals surface area contributed by atoms with E-state index in [0.29, 0.717) is 6.61 Å². The van der Waals surface area contributed by atoms with Crippen molar-refractivity contribution in [3.8, 4) is 6.07 Å². The summed E-state index contributed by atoms with van der Waals surface area (Å²) in [5.41, 5.74) is 0. The van der Waals surface area contributed by atoms with Crippen molar-refractivity contribution in [2.45, 2.75) is 19.4 Å². The van der Waals surface area contributed by atoms with Gasteiger partial charge in [0, 0.05) is 6.54 Å². The van der Waals surface area contributed by atoms with Gasteiger partial charge in [0.15, 0.2) is 0 Å². The lowest BCUT2D eigenvalue weighted by atomic mass is 10.3. The highest BCUT2D eigenvalue weighted by atomic mass is 16.5. The van der Waals surface area contributed by atoms with Crippen molar-refractivity contribution < 1.29 is 4.74 Å². The van der Waals surface area contributed by atoms with Crippen LogP contribution < -0.4 is 5.32 Å². The number of rotatable bonds is 5. The van der Waals surface area contributed by atoms with E-state index in [9.17, 15) is 0 Å². The molecule has 0 aliphatic carbocycles. The van der Waals surface area contributed by atoms with Crippen LogP contribution in [0.4, 0.5) is 0 Å². The first-order chi connectivity index (χ1) is 4.85. The molecule has 0 bridgehead atoms. The van der Waals surface area contributed by atoms with Gasteiger partial charge in [-0.2, -0.15) is 5.26 Å². The molecule has 0 heterocycles. The maximum absolute atomic E-state index is 8.43. The van der Waals surface area contributed by atoms with E-state index < -0.39 is 0 Å². The molecule has 1 unspecified atom stereocenters. The van der Waals surface area contributed by atoms with E-state index in [4.69, 9.17) is 10.00 Å². The largest absolute Gasteiger partial charge is 0.362 e. The monoisotopic (exact) mass is 142 g/mol.